The van der Waals surface area contributed by atoms with E-state index in [2.05, 4.69) is 31.7 Å². The van der Waals surface area contributed by atoms with E-state index in [1.807, 2.05) is 36.1 Å². The summed E-state index contributed by atoms with van der Waals surface area (Å²) in [6.07, 6.45) is 7.46. The third-order valence-electron chi connectivity index (χ3n) is 7.32. The number of carboxylic acids is 1. The third kappa shape index (κ3) is 6.79. The van der Waals surface area contributed by atoms with Crippen LogP contribution in [-0.4, -0.2) is 72.3 Å². The molecule has 1 aromatic carbocycles. The summed E-state index contributed by atoms with van der Waals surface area (Å²) >= 11 is 0. The van der Waals surface area contributed by atoms with Crippen molar-refractivity contribution in [3.05, 3.63) is 35.9 Å². The fourth-order valence-electron chi connectivity index (χ4n) is 5.55. The Balaban J connectivity index is 1.91. The molecule has 3 N–H and O–H groups in total. The Morgan fingerprint density at radius 1 is 1.22 bits per heavy atom. The largest absolute Gasteiger partial charge is 0.481 e. The second-order valence-electron chi connectivity index (χ2n) is 10.6. The Morgan fingerprint density at radius 3 is 2.61 bits per heavy atom. The lowest BCUT2D eigenvalue weighted by Gasteiger charge is -2.34. The molecule has 0 aromatic heterocycles. The molecule has 0 radical (unpaired) electrons. The molecular formula is C28H43N3O5. The summed E-state index contributed by atoms with van der Waals surface area (Å²) in [6, 6.07) is 5.40. The molecule has 2 heterocycles. The highest BCUT2D eigenvalue weighted by Crippen LogP contribution is 2.45. The quantitative estimate of drug-likeness (QED) is 0.396. The van der Waals surface area contributed by atoms with Crippen LogP contribution in [0.2, 0.25) is 0 Å². The lowest BCUT2D eigenvalue weighted by Crippen LogP contribution is -2.46. The number of allylic oxidation sites excluding steroid dienone is 2. The van der Waals surface area contributed by atoms with Gasteiger partial charge in [-0.15, -0.1) is 0 Å². The SMILES string of the molecule is C/C=C/C(C)(C)CC1C(C(=O)O)C(c2ccc3c(c2)OCO3)CN1CC(=O)N(CCCC)CCCN. The molecule has 1 fully saturated rings. The number of nitrogens with zero attached hydrogens (tertiary/aromatic N) is 2. The second kappa shape index (κ2) is 12.6. The van der Waals surface area contributed by atoms with Crippen LogP contribution in [0.15, 0.2) is 30.4 Å². The summed E-state index contributed by atoms with van der Waals surface area (Å²) in [4.78, 5) is 30.2. The van der Waals surface area contributed by atoms with Gasteiger partial charge in [0.1, 0.15) is 0 Å². The second-order valence-corrected chi connectivity index (χ2v) is 10.6. The number of rotatable bonds is 13. The summed E-state index contributed by atoms with van der Waals surface area (Å²) in [5.74, 6) is -0.376. The normalized spacial score (nSPS) is 21.9. The van der Waals surface area contributed by atoms with E-state index in [-0.39, 0.29) is 36.6 Å². The fraction of sp³-hybridized carbons (Fsp3) is 0.643. The van der Waals surface area contributed by atoms with Crippen molar-refractivity contribution in [1.82, 2.24) is 9.80 Å². The van der Waals surface area contributed by atoms with Gasteiger partial charge in [0.2, 0.25) is 12.7 Å². The molecule has 8 nitrogen and oxygen atoms in total. The van der Waals surface area contributed by atoms with Gasteiger partial charge in [0, 0.05) is 31.6 Å². The number of amides is 1. The number of unbranched alkanes of at least 4 members (excludes halogenated alkanes) is 1. The van der Waals surface area contributed by atoms with Crippen molar-refractivity contribution in [1.29, 1.82) is 0 Å². The molecule has 200 valence electrons. The molecule has 0 aliphatic carbocycles. The third-order valence-corrected chi connectivity index (χ3v) is 7.32. The average Bonchev–Trinajstić information content (AvgIpc) is 3.43. The lowest BCUT2D eigenvalue weighted by atomic mass is 9.77. The zero-order chi connectivity index (χ0) is 26.3. The fourth-order valence-corrected chi connectivity index (χ4v) is 5.55. The van der Waals surface area contributed by atoms with Gasteiger partial charge in [0.25, 0.3) is 0 Å². The van der Waals surface area contributed by atoms with Crippen LogP contribution in [0.5, 0.6) is 11.5 Å². The number of carboxylic acid groups (broad SMARTS) is 1. The molecule has 8 heteroatoms. The van der Waals surface area contributed by atoms with Crippen LogP contribution >= 0.6 is 0 Å². The van der Waals surface area contributed by atoms with E-state index >= 15 is 0 Å². The highest BCUT2D eigenvalue weighted by Gasteiger charge is 2.48. The van der Waals surface area contributed by atoms with Crippen molar-refractivity contribution in [2.75, 3.05) is 39.5 Å². The first-order valence-electron chi connectivity index (χ1n) is 13.2. The summed E-state index contributed by atoms with van der Waals surface area (Å²) in [6.45, 7) is 11.1. The summed E-state index contributed by atoms with van der Waals surface area (Å²) in [5, 5.41) is 10.4. The van der Waals surface area contributed by atoms with Crippen LogP contribution < -0.4 is 15.2 Å². The maximum absolute atomic E-state index is 13.5. The standard InChI is InChI=1S/C28H43N3O5/c1-5-7-13-30(14-8-12-29)25(32)18-31-17-21(20-9-10-23-24(15-20)36-19-35-23)26(27(33)34)22(31)16-28(3,4)11-6-2/h6,9-11,15,21-22,26H,5,7-8,12-14,16-19,29H2,1-4H3,(H,33,34)/b11-6+. The number of nitrogens with two attached hydrogens (primary N) is 1. The summed E-state index contributed by atoms with van der Waals surface area (Å²) in [7, 11) is 0. The molecule has 1 amide bonds. The molecule has 2 aliphatic heterocycles. The van der Waals surface area contributed by atoms with Crippen LogP contribution in [0, 0.1) is 11.3 Å². The van der Waals surface area contributed by atoms with Crippen LogP contribution in [0.1, 0.15) is 64.9 Å². The minimum absolute atomic E-state index is 0.0428. The van der Waals surface area contributed by atoms with E-state index in [1.54, 1.807) is 0 Å². The lowest BCUT2D eigenvalue weighted by molar-refractivity contribution is -0.144. The minimum atomic E-state index is -0.833. The molecule has 3 atom stereocenters. The maximum Gasteiger partial charge on any atom is 0.308 e. The first-order chi connectivity index (χ1) is 17.2. The van der Waals surface area contributed by atoms with Crippen molar-refractivity contribution in [2.24, 2.45) is 17.1 Å². The Labute approximate surface area is 215 Å². The predicted octanol–water partition coefficient (Wildman–Crippen LogP) is 3.85. The van der Waals surface area contributed by atoms with Crippen molar-refractivity contribution < 1.29 is 24.2 Å². The Hall–Kier alpha value is -2.58. The maximum atomic E-state index is 13.5. The van der Waals surface area contributed by atoms with Gasteiger partial charge < -0.3 is 25.2 Å². The number of fused-ring (bicyclic) bond motifs is 1. The zero-order valence-corrected chi connectivity index (χ0v) is 22.2. The average molecular weight is 502 g/mol. The van der Waals surface area contributed by atoms with E-state index in [0.29, 0.717) is 44.1 Å². The minimum Gasteiger partial charge on any atom is -0.481 e. The van der Waals surface area contributed by atoms with Gasteiger partial charge in [-0.05, 0) is 55.8 Å². The van der Waals surface area contributed by atoms with E-state index in [0.717, 1.165) is 24.8 Å². The number of hydrogen-bond acceptors (Lipinski definition) is 6. The molecule has 0 saturated carbocycles. The van der Waals surface area contributed by atoms with Gasteiger partial charge in [0.05, 0.1) is 12.5 Å². The first-order valence-corrected chi connectivity index (χ1v) is 13.2. The zero-order valence-electron chi connectivity index (χ0n) is 22.2. The molecule has 0 bridgehead atoms. The van der Waals surface area contributed by atoms with Crippen LogP contribution in [0.25, 0.3) is 0 Å². The van der Waals surface area contributed by atoms with Gasteiger partial charge in [-0.25, -0.2) is 0 Å². The number of likely N-dealkylation sites (tertiary alicyclic amines) is 1. The number of carbonyl (C=O) groups excluding carboxylic acids is 1. The molecular weight excluding hydrogens is 458 g/mol. The Bertz CT molecular complexity index is 924. The highest BCUT2D eigenvalue weighted by molar-refractivity contribution is 5.79. The number of aliphatic carboxylic acids is 1. The smallest absolute Gasteiger partial charge is 0.308 e. The molecule has 3 rings (SSSR count). The highest BCUT2D eigenvalue weighted by atomic mass is 16.7. The molecule has 2 aliphatic rings. The van der Waals surface area contributed by atoms with Crippen molar-refractivity contribution >= 4 is 11.9 Å². The Morgan fingerprint density at radius 2 is 1.94 bits per heavy atom. The molecule has 0 spiro atoms. The summed E-state index contributed by atoms with van der Waals surface area (Å²) < 4.78 is 11.0. The van der Waals surface area contributed by atoms with Crippen molar-refractivity contribution in [3.63, 3.8) is 0 Å². The number of benzene rings is 1. The summed E-state index contributed by atoms with van der Waals surface area (Å²) in [5.41, 5.74) is 6.42. The van der Waals surface area contributed by atoms with Gasteiger partial charge in [0.15, 0.2) is 11.5 Å². The van der Waals surface area contributed by atoms with Crippen LogP contribution in [0.4, 0.5) is 0 Å². The Kier molecular flexibility index (Phi) is 9.79. The van der Waals surface area contributed by atoms with E-state index in [9.17, 15) is 14.7 Å². The number of hydrogen-bond donors (Lipinski definition) is 2. The predicted molar refractivity (Wildman–Crippen MR) is 140 cm³/mol. The van der Waals surface area contributed by atoms with Crippen molar-refractivity contribution in [3.8, 4) is 11.5 Å². The van der Waals surface area contributed by atoms with Gasteiger partial charge in [-0.3, -0.25) is 14.5 Å². The monoisotopic (exact) mass is 501 g/mol. The molecule has 36 heavy (non-hydrogen) atoms. The van der Waals surface area contributed by atoms with E-state index in [1.165, 1.54) is 0 Å². The number of ether oxygens (including phenoxy) is 2. The molecule has 1 aromatic rings. The molecule has 3 unspecified atom stereocenters. The van der Waals surface area contributed by atoms with Crippen LogP contribution in [-0.2, 0) is 9.59 Å². The topological polar surface area (TPSA) is 105 Å². The first kappa shape index (κ1) is 28.0. The van der Waals surface area contributed by atoms with Gasteiger partial charge in [-0.2, -0.15) is 0 Å². The van der Waals surface area contributed by atoms with Gasteiger partial charge >= 0.3 is 5.97 Å². The number of carbonyl (C=O) groups is 2. The van der Waals surface area contributed by atoms with E-state index in [4.69, 9.17) is 15.2 Å². The van der Waals surface area contributed by atoms with Crippen molar-refractivity contribution in [2.45, 2.75) is 65.3 Å². The van der Waals surface area contributed by atoms with Crippen LogP contribution in [0.3, 0.4) is 0 Å². The van der Waals surface area contributed by atoms with E-state index < -0.39 is 11.9 Å². The molecule has 1 saturated heterocycles. The van der Waals surface area contributed by atoms with Gasteiger partial charge in [-0.1, -0.05) is 45.4 Å².